The van der Waals surface area contributed by atoms with E-state index in [4.69, 9.17) is 27.9 Å². The molecule has 0 heterocycles. The number of amides is 2. The normalized spacial score (nSPS) is 11.9. The fourth-order valence-corrected chi connectivity index (χ4v) is 5.92. The van der Waals surface area contributed by atoms with Crippen LogP contribution >= 0.6 is 23.2 Å². The highest BCUT2D eigenvalue weighted by molar-refractivity contribution is 7.92. The van der Waals surface area contributed by atoms with Crippen LogP contribution < -0.4 is 14.4 Å². The van der Waals surface area contributed by atoms with Crippen molar-refractivity contribution in [2.24, 2.45) is 0 Å². The van der Waals surface area contributed by atoms with Crippen LogP contribution in [0.15, 0.2) is 71.6 Å². The monoisotopic (exact) mass is 605 g/mol. The number of aryl methyl sites for hydroxylation is 1. The van der Waals surface area contributed by atoms with Crippen LogP contribution in [0.1, 0.15) is 31.9 Å². The van der Waals surface area contributed by atoms with Gasteiger partial charge in [-0.1, -0.05) is 59.1 Å². The molecule has 1 atom stereocenters. The molecule has 0 radical (unpaired) electrons. The molecule has 3 rings (SSSR count). The van der Waals surface area contributed by atoms with E-state index in [2.05, 4.69) is 5.32 Å². The fourth-order valence-electron chi connectivity index (χ4n) is 4.03. The van der Waals surface area contributed by atoms with Crippen molar-refractivity contribution in [1.82, 2.24) is 10.2 Å². The van der Waals surface area contributed by atoms with Crippen molar-refractivity contribution in [2.45, 2.75) is 45.2 Å². The average Bonchev–Trinajstić information content (AvgIpc) is 2.92. The van der Waals surface area contributed by atoms with Gasteiger partial charge in [-0.15, -0.1) is 0 Å². The van der Waals surface area contributed by atoms with Crippen molar-refractivity contribution in [3.05, 3.63) is 87.9 Å². The van der Waals surface area contributed by atoms with E-state index in [1.807, 2.05) is 6.92 Å². The Bertz CT molecular complexity index is 1450. The highest BCUT2D eigenvalue weighted by Crippen LogP contribution is 2.33. The van der Waals surface area contributed by atoms with Gasteiger partial charge in [0.1, 0.15) is 18.3 Å². The van der Waals surface area contributed by atoms with Gasteiger partial charge in [0, 0.05) is 23.1 Å². The Morgan fingerprint density at radius 3 is 2.30 bits per heavy atom. The number of sulfonamides is 1. The van der Waals surface area contributed by atoms with Crippen LogP contribution in [0.5, 0.6) is 5.75 Å². The standard InChI is InChI=1S/C29H33Cl2N3O5S/c1-5-32-29(36)21(4)33(18-22-13-14-23(30)17-25(22)31)28(35)19-34(26-9-7-8-10-27(26)39-6-2)40(37,38)24-15-11-20(3)12-16-24/h7-17,21H,5-6,18-19H2,1-4H3,(H,32,36). The molecule has 1 unspecified atom stereocenters. The molecule has 8 nitrogen and oxygen atoms in total. The first kappa shape index (κ1) is 31.3. The minimum Gasteiger partial charge on any atom is -0.492 e. The van der Waals surface area contributed by atoms with Gasteiger partial charge in [0.15, 0.2) is 0 Å². The molecule has 40 heavy (non-hydrogen) atoms. The minimum absolute atomic E-state index is 0.0151. The number of benzene rings is 3. The summed E-state index contributed by atoms with van der Waals surface area (Å²) in [6, 6.07) is 16.9. The molecular formula is C29H33Cl2N3O5S. The molecule has 0 saturated heterocycles. The second-order valence-electron chi connectivity index (χ2n) is 9.05. The molecule has 0 fully saturated rings. The van der Waals surface area contributed by atoms with Gasteiger partial charge in [0.05, 0.1) is 17.2 Å². The van der Waals surface area contributed by atoms with Crippen LogP contribution in [-0.2, 0) is 26.2 Å². The van der Waals surface area contributed by atoms with Crippen LogP contribution in [0.25, 0.3) is 0 Å². The Hall–Kier alpha value is -3.27. The SMILES string of the molecule is CCNC(=O)C(C)N(Cc1ccc(Cl)cc1Cl)C(=O)CN(c1ccccc1OCC)S(=O)(=O)c1ccc(C)cc1. The summed E-state index contributed by atoms with van der Waals surface area (Å²) in [5.74, 6) is -0.687. The largest absolute Gasteiger partial charge is 0.492 e. The molecule has 3 aromatic carbocycles. The third-order valence-corrected chi connectivity index (χ3v) is 8.56. The third-order valence-electron chi connectivity index (χ3n) is 6.20. The number of hydrogen-bond acceptors (Lipinski definition) is 5. The molecule has 0 aromatic heterocycles. The molecule has 0 saturated carbocycles. The van der Waals surface area contributed by atoms with Crippen LogP contribution in [0.2, 0.25) is 10.0 Å². The predicted octanol–water partition coefficient (Wildman–Crippen LogP) is 5.45. The molecule has 0 aliphatic heterocycles. The zero-order valence-corrected chi connectivity index (χ0v) is 25.2. The molecule has 3 aromatic rings. The van der Waals surface area contributed by atoms with E-state index in [9.17, 15) is 18.0 Å². The van der Waals surface area contributed by atoms with E-state index >= 15 is 0 Å². The Labute approximate surface area is 245 Å². The fraction of sp³-hybridized carbons (Fsp3) is 0.310. The summed E-state index contributed by atoms with van der Waals surface area (Å²) < 4.78 is 34.7. The van der Waals surface area contributed by atoms with Gasteiger partial charge >= 0.3 is 0 Å². The van der Waals surface area contributed by atoms with E-state index in [1.165, 1.54) is 17.0 Å². The molecule has 0 aliphatic rings. The summed E-state index contributed by atoms with van der Waals surface area (Å²) in [7, 11) is -4.22. The van der Waals surface area contributed by atoms with Gasteiger partial charge in [-0.3, -0.25) is 13.9 Å². The predicted molar refractivity (Wildman–Crippen MR) is 158 cm³/mol. The summed E-state index contributed by atoms with van der Waals surface area (Å²) >= 11 is 12.5. The van der Waals surface area contributed by atoms with Crippen LogP contribution in [0, 0.1) is 6.92 Å². The van der Waals surface area contributed by atoms with Gasteiger partial charge in [-0.25, -0.2) is 8.42 Å². The number of anilines is 1. The molecule has 0 aliphatic carbocycles. The van der Waals surface area contributed by atoms with Crippen molar-refractivity contribution in [1.29, 1.82) is 0 Å². The Morgan fingerprint density at radius 2 is 1.68 bits per heavy atom. The first-order valence-electron chi connectivity index (χ1n) is 12.8. The number of nitrogens with zero attached hydrogens (tertiary/aromatic N) is 2. The van der Waals surface area contributed by atoms with Crippen LogP contribution in [-0.4, -0.2) is 50.9 Å². The van der Waals surface area contributed by atoms with Crippen molar-refractivity contribution in [2.75, 3.05) is 24.0 Å². The number of ether oxygens (including phenoxy) is 1. The number of para-hydroxylation sites is 2. The van der Waals surface area contributed by atoms with Crippen LogP contribution in [0.4, 0.5) is 5.69 Å². The molecule has 0 bridgehead atoms. The van der Waals surface area contributed by atoms with Gasteiger partial charge in [0.2, 0.25) is 11.8 Å². The number of carbonyl (C=O) groups excluding carboxylic acids is 2. The highest BCUT2D eigenvalue weighted by atomic mass is 35.5. The summed E-state index contributed by atoms with van der Waals surface area (Å²) in [5.41, 5.74) is 1.64. The Morgan fingerprint density at radius 1 is 1.00 bits per heavy atom. The molecule has 2 amide bonds. The summed E-state index contributed by atoms with van der Waals surface area (Å²) in [4.78, 5) is 28.2. The maximum Gasteiger partial charge on any atom is 0.264 e. The van der Waals surface area contributed by atoms with Gasteiger partial charge in [-0.05, 0) is 69.7 Å². The van der Waals surface area contributed by atoms with E-state index < -0.39 is 28.5 Å². The molecule has 11 heteroatoms. The number of carbonyl (C=O) groups is 2. The Balaban J connectivity index is 2.10. The summed E-state index contributed by atoms with van der Waals surface area (Å²) in [6.45, 7) is 7.01. The van der Waals surface area contributed by atoms with Crippen molar-refractivity contribution in [3.63, 3.8) is 0 Å². The number of likely N-dealkylation sites (N-methyl/N-ethyl adjacent to an activating group) is 1. The maximum atomic E-state index is 14.0. The lowest BCUT2D eigenvalue weighted by Gasteiger charge is -2.32. The smallest absolute Gasteiger partial charge is 0.264 e. The second-order valence-corrected chi connectivity index (χ2v) is 11.8. The number of rotatable bonds is 12. The van der Waals surface area contributed by atoms with Crippen molar-refractivity contribution < 1.29 is 22.7 Å². The molecule has 214 valence electrons. The zero-order valence-electron chi connectivity index (χ0n) is 22.9. The first-order chi connectivity index (χ1) is 19.0. The van der Waals surface area contributed by atoms with Crippen molar-refractivity contribution >= 4 is 50.7 Å². The maximum absolute atomic E-state index is 14.0. The zero-order chi connectivity index (χ0) is 29.4. The minimum atomic E-state index is -4.22. The third kappa shape index (κ3) is 7.47. The number of nitrogens with one attached hydrogen (secondary N) is 1. The van der Waals surface area contributed by atoms with E-state index in [0.29, 0.717) is 34.5 Å². The Kier molecular flexibility index (Phi) is 10.8. The molecule has 0 spiro atoms. The van der Waals surface area contributed by atoms with E-state index in [-0.39, 0.29) is 23.0 Å². The molecule has 1 N–H and O–H groups in total. The highest BCUT2D eigenvalue weighted by Gasteiger charge is 2.34. The molecular weight excluding hydrogens is 573 g/mol. The van der Waals surface area contributed by atoms with Gasteiger partial charge < -0.3 is 15.0 Å². The lowest BCUT2D eigenvalue weighted by Crippen LogP contribution is -2.51. The van der Waals surface area contributed by atoms with E-state index in [0.717, 1.165) is 9.87 Å². The van der Waals surface area contributed by atoms with Crippen molar-refractivity contribution in [3.8, 4) is 5.75 Å². The number of hydrogen-bond donors (Lipinski definition) is 1. The number of halogens is 2. The topological polar surface area (TPSA) is 96.0 Å². The quantitative estimate of drug-likeness (QED) is 0.296. The van der Waals surface area contributed by atoms with Gasteiger partial charge in [-0.2, -0.15) is 0 Å². The summed E-state index contributed by atoms with van der Waals surface area (Å²) in [5, 5.41) is 3.46. The van der Waals surface area contributed by atoms with E-state index in [1.54, 1.807) is 75.4 Å². The first-order valence-corrected chi connectivity index (χ1v) is 15.0. The average molecular weight is 607 g/mol. The van der Waals surface area contributed by atoms with Crippen LogP contribution in [0.3, 0.4) is 0 Å². The second kappa shape index (κ2) is 13.9. The summed E-state index contributed by atoms with van der Waals surface area (Å²) in [6.07, 6.45) is 0. The lowest BCUT2D eigenvalue weighted by molar-refractivity contribution is -0.139. The lowest BCUT2D eigenvalue weighted by atomic mass is 10.1. The van der Waals surface area contributed by atoms with Gasteiger partial charge in [0.25, 0.3) is 10.0 Å².